The second-order valence-electron chi connectivity index (χ2n) is 7.17. The maximum atomic E-state index is 12.3. The molecule has 2 rings (SSSR count). The average molecular weight is 404 g/mol. The zero-order valence-corrected chi connectivity index (χ0v) is 18.5. The Morgan fingerprint density at radius 3 is 2.36 bits per heavy atom. The van der Waals surface area contributed by atoms with Crippen LogP contribution in [0, 0.1) is 0 Å². The Hall–Kier alpha value is -1.86. The van der Waals surface area contributed by atoms with E-state index in [1.807, 2.05) is 18.2 Å². The lowest BCUT2D eigenvalue weighted by atomic mass is 10.2. The van der Waals surface area contributed by atoms with E-state index in [0.29, 0.717) is 12.3 Å². The van der Waals surface area contributed by atoms with E-state index in [-0.39, 0.29) is 18.0 Å². The van der Waals surface area contributed by atoms with Crippen molar-refractivity contribution < 1.29 is 4.79 Å². The van der Waals surface area contributed by atoms with Crippen molar-refractivity contribution in [2.24, 2.45) is 0 Å². The molecule has 0 aliphatic rings. The fourth-order valence-electron chi connectivity index (χ4n) is 3.24. The third kappa shape index (κ3) is 6.07. The molecular weight excluding hydrogens is 370 g/mol. The van der Waals surface area contributed by atoms with Crippen LogP contribution in [0.1, 0.15) is 57.5 Å². The second kappa shape index (κ2) is 11.2. The molecule has 0 aliphatic carbocycles. The van der Waals surface area contributed by atoms with Crippen LogP contribution < -0.4 is 5.32 Å². The van der Waals surface area contributed by atoms with Crippen molar-refractivity contribution >= 4 is 17.7 Å². The van der Waals surface area contributed by atoms with E-state index >= 15 is 0 Å². The average Bonchev–Trinajstić information content (AvgIpc) is 3.08. The molecule has 0 saturated heterocycles. The lowest BCUT2D eigenvalue weighted by molar-refractivity contribution is -0.119. The van der Waals surface area contributed by atoms with Gasteiger partial charge in [-0.1, -0.05) is 62.9 Å². The summed E-state index contributed by atoms with van der Waals surface area (Å²) < 4.78 is 2.15. The van der Waals surface area contributed by atoms with Crippen LogP contribution in [0.3, 0.4) is 0 Å². The van der Waals surface area contributed by atoms with E-state index in [4.69, 9.17) is 0 Å². The normalized spacial score (nSPS) is 12.5. The number of hydrogen-bond donors (Lipinski definition) is 1. The second-order valence-corrected chi connectivity index (χ2v) is 8.11. The smallest absolute Gasteiger partial charge is 0.230 e. The molecule has 7 heteroatoms. The monoisotopic (exact) mass is 403 g/mol. The molecule has 0 fully saturated rings. The van der Waals surface area contributed by atoms with E-state index < -0.39 is 0 Å². The van der Waals surface area contributed by atoms with Gasteiger partial charge in [0.25, 0.3) is 0 Å². The Kier molecular flexibility index (Phi) is 8.99. The van der Waals surface area contributed by atoms with Gasteiger partial charge in [-0.05, 0) is 38.9 Å². The molecule has 1 unspecified atom stereocenters. The summed E-state index contributed by atoms with van der Waals surface area (Å²) in [5.41, 5.74) is 1.19. The fraction of sp³-hybridized carbons (Fsp3) is 0.571. The highest BCUT2D eigenvalue weighted by molar-refractivity contribution is 7.99. The van der Waals surface area contributed by atoms with Crippen LogP contribution in [0.4, 0.5) is 0 Å². The number of benzene rings is 1. The molecule has 154 valence electrons. The van der Waals surface area contributed by atoms with Gasteiger partial charge < -0.3 is 9.88 Å². The number of carbonyl (C=O) groups excluding carboxylic acids is 1. The number of thioether (sulfide) groups is 1. The van der Waals surface area contributed by atoms with Crippen molar-refractivity contribution in [2.75, 3.05) is 19.8 Å². The zero-order chi connectivity index (χ0) is 20.5. The summed E-state index contributed by atoms with van der Waals surface area (Å²) in [6, 6.07) is 10.7. The predicted octanol–water partition coefficient (Wildman–Crippen LogP) is 3.74. The van der Waals surface area contributed by atoms with Gasteiger partial charge in [-0.15, -0.1) is 10.2 Å². The predicted molar refractivity (Wildman–Crippen MR) is 116 cm³/mol. The van der Waals surface area contributed by atoms with Crippen LogP contribution in [-0.2, 0) is 11.3 Å². The summed E-state index contributed by atoms with van der Waals surface area (Å²) in [6.07, 6.45) is 2.84. The van der Waals surface area contributed by atoms with Gasteiger partial charge in [-0.2, -0.15) is 0 Å². The van der Waals surface area contributed by atoms with Crippen LogP contribution in [0.25, 0.3) is 0 Å². The minimum absolute atomic E-state index is 0.0502. The number of hydrogen-bond acceptors (Lipinski definition) is 5. The number of nitrogens with zero attached hydrogens (tertiary/aromatic N) is 4. The highest BCUT2D eigenvalue weighted by Gasteiger charge is 2.22. The summed E-state index contributed by atoms with van der Waals surface area (Å²) in [5.74, 6) is 1.34. The van der Waals surface area contributed by atoms with Gasteiger partial charge in [0.05, 0.1) is 18.3 Å². The molecule has 1 aromatic carbocycles. The number of nitrogens with one attached hydrogen (secondary N) is 1. The van der Waals surface area contributed by atoms with Crippen LogP contribution >= 0.6 is 11.8 Å². The molecular formula is C21H33N5OS. The summed E-state index contributed by atoms with van der Waals surface area (Å²) in [5, 5.41) is 12.8. The minimum atomic E-state index is 0.0502. The topological polar surface area (TPSA) is 63.1 Å². The lowest BCUT2D eigenvalue weighted by Gasteiger charge is -2.23. The van der Waals surface area contributed by atoms with Crippen LogP contribution in [-0.4, -0.2) is 51.5 Å². The Morgan fingerprint density at radius 2 is 1.79 bits per heavy atom. The molecule has 1 atom stereocenters. The summed E-state index contributed by atoms with van der Waals surface area (Å²) in [4.78, 5) is 14.5. The first-order valence-corrected chi connectivity index (χ1v) is 11.0. The van der Waals surface area contributed by atoms with E-state index in [2.05, 4.69) is 72.0 Å². The zero-order valence-electron chi connectivity index (χ0n) is 17.7. The van der Waals surface area contributed by atoms with Crippen LogP contribution in [0.2, 0.25) is 0 Å². The van der Waals surface area contributed by atoms with Crippen molar-refractivity contribution in [2.45, 2.75) is 63.8 Å². The van der Waals surface area contributed by atoms with Gasteiger partial charge in [0.1, 0.15) is 0 Å². The van der Waals surface area contributed by atoms with E-state index in [0.717, 1.165) is 30.2 Å². The molecule has 0 radical (unpaired) electrons. The molecule has 1 heterocycles. The highest BCUT2D eigenvalue weighted by Crippen LogP contribution is 2.26. The fourth-order valence-corrected chi connectivity index (χ4v) is 3.99. The largest absolute Gasteiger partial charge is 0.353 e. The molecule has 1 amide bonds. The number of rotatable bonds is 11. The van der Waals surface area contributed by atoms with E-state index in [9.17, 15) is 4.79 Å². The molecule has 0 saturated carbocycles. The maximum absolute atomic E-state index is 12.3. The first-order chi connectivity index (χ1) is 13.5. The Balaban J connectivity index is 2.21. The molecule has 28 heavy (non-hydrogen) atoms. The van der Waals surface area contributed by atoms with Crippen molar-refractivity contribution in [1.82, 2.24) is 25.0 Å². The highest BCUT2D eigenvalue weighted by atomic mass is 32.2. The summed E-state index contributed by atoms with van der Waals surface area (Å²) in [7, 11) is 4.12. The SMILES string of the molecule is CCC(CC)NC(=O)CSc1nnc(C(CC)N(C)C)n1Cc1ccccc1. The van der Waals surface area contributed by atoms with Gasteiger partial charge in [-0.25, -0.2) is 0 Å². The first-order valence-electron chi connectivity index (χ1n) is 10.1. The molecule has 0 spiro atoms. The quantitative estimate of drug-likeness (QED) is 0.579. The van der Waals surface area contributed by atoms with E-state index in [1.165, 1.54) is 17.3 Å². The standard InChI is InChI=1S/C21H33N5OS/c1-6-17(7-2)22-19(27)15-28-21-24-23-20(18(8-3)25(4)5)26(21)14-16-12-10-9-11-13-16/h9-13,17-18H,6-8,14-15H2,1-5H3,(H,22,27). The van der Waals surface area contributed by atoms with Crippen LogP contribution in [0.5, 0.6) is 0 Å². The summed E-state index contributed by atoms with van der Waals surface area (Å²) >= 11 is 1.46. The maximum Gasteiger partial charge on any atom is 0.230 e. The lowest BCUT2D eigenvalue weighted by Crippen LogP contribution is -2.35. The van der Waals surface area contributed by atoms with Gasteiger partial charge in [0, 0.05) is 6.04 Å². The number of amides is 1. The van der Waals surface area contributed by atoms with Crippen molar-refractivity contribution in [3.05, 3.63) is 41.7 Å². The van der Waals surface area contributed by atoms with Crippen LogP contribution in [0.15, 0.2) is 35.5 Å². The molecule has 1 aromatic heterocycles. The van der Waals surface area contributed by atoms with Gasteiger partial charge in [0.2, 0.25) is 5.91 Å². The van der Waals surface area contributed by atoms with E-state index in [1.54, 1.807) is 0 Å². The van der Waals surface area contributed by atoms with Crippen molar-refractivity contribution in [1.29, 1.82) is 0 Å². The van der Waals surface area contributed by atoms with Crippen molar-refractivity contribution in [3.63, 3.8) is 0 Å². The molecule has 1 N–H and O–H groups in total. The number of aromatic nitrogens is 3. The molecule has 2 aromatic rings. The first kappa shape index (κ1) is 22.4. The van der Waals surface area contributed by atoms with Gasteiger partial charge in [0.15, 0.2) is 11.0 Å². The summed E-state index contributed by atoms with van der Waals surface area (Å²) in [6.45, 7) is 7.04. The molecule has 6 nitrogen and oxygen atoms in total. The molecule has 0 bridgehead atoms. The Morgan fingerprint density at radius 1 is 1.11 bits per heavy atom. The third-order valence-corrected chi connectivity index (χ3v) is 5.89. The third-order valence-electron chi connectivity index (χ3n) is 4.92. The Bertz CT molecular complexity index is 728. The number of carbonyl (C=O) groups is 1. The van der Waals surface area contributed by atoms with Gasteiger partial charge in [-0.3, -0.25) is 9.69 Å². The van der Waals surface area contributed by atoms with Gasteiger partial charge >= 0.3 is 0 Å². The van der Waals surface area contributed by atoms with Crippen molar-refractivity contribution in [3.8, 4) is 0 Å². The Labute approximate surface area is 173 Å². The molecule has 0 aliphatic heterocycles. The minimum Gasteiger partial charge on any atom is -0.353 e.